The molecule has 0 saturated carbocycles. The van der Waals surface area contributed by atoms with Crippen molar-refractivity contribution in [1.82, 2.24) is 0 Å². The summed E-state index contributed by atoms with van der Waals surface area (Å²) < 4.78 is 38.0. The first kappa shape index (κ1) is 19.4. The summed E-state index contributed by atoms with van der Waals surface area (Å²) in [7, 11) is -1.89. The molecule has 0 bridgehead atoms. The quantitative estimate of drug-likeness (QED) is 0.662. The van der Waals surface area contributed by atoms with E-state index in [2.05, 4.69) is 14.2 Å². The highest BCUT2D eigenvalue weighted by Crippen LogP contribution is 2.27. The molecule has 0 aliphatic carbocycles. The van der Waals surface area contributed by atoms with Crippen LogP contribution in [0.1, 0.15) is 20.7 Å². The zero-order chi connectivity index (χ0) is 20.3. The summed E-state index contributed by atoms with van der Waals surface area (Å²) in [5.74, 6) is -1.56. The van der Waals surface area contributed by atoms with Crippen molar-refractivity contribution in [2.75, 3.05) is 18.9 Å². The van der Waals surface area contributed by atoms with Crippen LogP contribution in [0.2, 0.25) is 0 Å². The van der Waals surface area contributed by atoms with Crippen molar-refractivity contribution in [1.29, 1.82) is 0 Å². The van der Waals surface area contributed by atoms with Crippen LogP contribution in [0.5, 0.6) is 0 Å². The molecule has 0 fully saturated rings. The van der Waals surface area contributed by atoms with Gasteiger partial charge in [-0.05, 0) is 29.7 Å². The lowest BCUT2D eigenvalue weighted by atomic mass is 10.1. The van der Waals surface area contributed by atoms with Crippen LogP contribution in [-0.4, -0.2) is 34.6 Å². The fourth-order valence-electron chi connectivity index (χ4n) is 2.78. The fraction of sp³-hybridized carbons (Fsp3) is 0.100. The zero-order valence-electron chi connectivity index (χ0n) is 15.1. The number of hydrogen-bond acceptors (Lipinski definition) is 6. The number of benzene rings is 3. The van der Waals surface area contributed by atoms with Crippen LogP contribution in [0.25, 0.3) is 10.8 Å². The SMILES string of the molecule is COC(=O)c1ccc(C(=O)OC)c(S(=O)(=O)Nc2cccc3ccccc23)c1. The second-order valence-corrected chi connectivity index (χ2v) is 7.48. The lowest BCUT2D eigenvalue weighted by molar-refractivity contribution is 0.0583. The van der Waals surface area contributed by atoms with Crippen molar-refractivity contribution in [2.45, 2.75) is 4.90 Å². The molecular weight excluding hydrogens is 382 g/mol. The molecule has 0 radical (unpaired) electrons. The number of esters is 2. The van der Waals surface area contributed by atoms with Gasteiger partial charge in [0.05, 0.1) is 31.0 Å². The number of nitrogens with one attached hydrogen (secondary N) is 1. The summed E-state index contributed by atoms with van der Waals surface area (Å²) in [6.45, 7) is 0. The molecule has 3 rings (SSSR count). The standard InChI is InChI=1S/C20H17NO6S/c1-26-19(22)14-10-11-16(20(23)27-2)18(12-14)28(24,25)21-17-9-5-7-13-6-3-4-8-15(13)17/h3-12,21H,1-2H3. The van der Waals surface area contributed by atoms with Gasteiger partial charge in [-0.25, -0.2) is 18.0 Å². The van der Waals surface area contributed by atoms with Crippen LogP contribution in [0.4, 0.5) is 5.69 Å². The van der Waals surface area contributed by atoms with Crippen molar-refractivity contribution < 1.29 is 27.5 Å². The number of carbonyl (C=O) groups is 2. The summed E-state index contributed by atoms with van der Waals surface area (Å²) in [6.07, 6.45) is 0. The van der Waals surface area contributed by atoms with Crippen molar-refractivity contribution in [3.8, 4) is 0 Å². The third kappa shape index (κ3) is 3.67. The van der Waals surface area contributed by atoms with Gasteiger partial charge in [0.2, 0.25) is 0 Å². The number of fused-ring (bicyclic) bond motifs is 1. The van der Waals surface area contributed by atoms with Gasteiger partial charge in [0.1, 0.15) is 4.90 Å². The molecule has 0 aliphatic heterocycles. The Morgan fingerprint density at radius 2 is 1.54 bits per heavy atom. The van der Waals surface area contributed by atoms with E-state index < -0.39 is 22.0 Å². The van der Waals surface area contributed by atoms with Crippen molar-refractivity contribution >= 4 is 38.4 Å². The number of ether oxygens (including phenoxy) is 2. The van der Waals surface area contributed by atoms with Crippen molar-refractivity contribution in [3.63, 3.8) is 0 Å². The maximum Gasteiger partial charge on any atom is 0.339 e. The van der Waals surface area contributed by atoms with E-state index in [1.807, 2.05) is 18.2 Å². The minimum absolute atomic E-state index is 0.00607. The van der Waals surface area contributed by atoms with Gasteiger partial charge >= 0.3 is 11.9 Å². The summed E-state index contributed by atoms with van der Waals surface area (Å²) in [6, 6.07) is 16.0. The molecule has 0 aliphatic rings. The molecule has 3 aromatic rings. The Hall–Kier alpha value is -3.39. The number of carbonyl (C=O) groups excluding carboxylic acids is 2. The Morgan fingerprint density at radius 1 is 0.857 bits per heavy atom. The monoisotopic (exact) mass is 399 g/mol. The van der Waals surface area contributed by atoms with Crippen LogP contribution < -0.4 is 4.72 Å². The van der Waals surface area contributed by atoms with Crippen LogP contribution in [0.15, 0.2) is 65.6 Å². The molecule has 0 saturated heterocycles. The fourth-order valence-corrected chi connectivity index (χ4v) is 4.08. The number of anilines is 1. The molecule has 3 aromatic carbocycles. The molecule has 0 atom stereocenters. The van der Waals surface area contributed by atoms with Gasteiger partial charge < -0.3 is 9.47 Å². The van der Waals surface area contributed by atoms with Gasteiger partial charge in [-0.1, -0.05) is 36.4 Å². The molecule has 1 N–H and O–H groups in total. The van der Waals surface area contributed by atoms with Crippen LogP contribution >= 0.6 is 0 Å². The zero-order valence-corrected chi connectivity index (χ0v) is 15.9. The highest BCUT2D eigenvalue weighted by atomic mass is 32.2. The Bertz CT molecular complexity index is 1170. The van der Waals surface area contributed by atoms with E-state index in [4.69, 9.17) is 0 Å². The smallest absolute Gasteiger partial charge is 0.339 e. The Morgan fingerprint density at radius 3 is 2.25 bits per heavy atom. The predicted octanol–water partition coefficient (Wildman–Crippen LogP) is 3.21. The first-order valence-electron chi connectivity index (χ1n) is 8.18. The highest BCUT2D eigenvalue weighted by Gasteiger charge is 2.25. The second kappa shape index (κ2) is 7.69. The summed E-state index contributed by atoms with van der Waals surface area (Å²) >= 11 is 0. The second-order valence-electron chi connectivity index (χ2n) is 5.83. The summed E-state index contributed by atoms with van der Waals surface area (Å²) in [5, 5.41) is 1.54. The summed E-state index contributed by atoms with van der Waals surface area (Å²) in [5.41, 5.74) is 0.147. The molecular formula is C20H17NO6S. The molecule has 0 unspecified atom stereocenters. The van der Waals surface area contributed by atoms with Gasteiger partial charge in [-0.15, -0.1) is 0 Å². The molecule has 7 nitrogen and oxygen atoms in total. The molecule has 0 aromatic heterocycles. The van der Waals surface area contributed by atoms with Crippen LogP contribution in [0, 0.1) is 0 Å². The highest BCUT2D eigenvalue weighted by molar-refractivity contribution is 7.92. The van der Waals surface area contributed by atoms with Gasteiger partial charge in [0, 0.05) is 5.39 Å². The number of hydrogen-bond donors (Lipinski definition) is 1. The van der Waals surface area contributed by atoms with Gasteiger partial charge in [-0.3, -0.25) is 4.72 Å². The maximum atomic E-state index is 13.1. The Kier molecular flexibility index (Phi) is 5.32. The van der Waals surface area contributed by atoms with E-state index in [-0.39, 0.29) is 16.0 Å². The minimum atomic E-state index is -4.21. The third-order valence-electron chi connectivity index (χ3n) is 4.13. The molecule has 0 spiro atoms. The van der Waals surface area contributed by atoms with Crippen LogP contribution in [0.3, 0.4) is 0 Å². The molecule has 8 heteroatoms. The van der Waals surface area contributed by atoms with E-state index in [1.165, 1.54) is 19.2 Å². The van der Waals surface area contributed by atoms with E-state index >= 15 is 0 Å². The first-order valence-corrected chi connectivity index (χ1v) is 9.67. The Balaban J connectivity index is 2.14. The van der Waals surface area contributed by atoms with Crippen LogP contribution in [-0.2, 0) is 19.5 Å². The largest absolute Gasteiger partial charge is 0.465 e. The molecule has 0 amide bonds. The molecule has 28 heavy (non-hydrogen) atoms. The van der Waals surface area contributed by atoms with E-state index in [1.54, 1.807) is 24.3 Å². The van der Waals surface area contributed by atoms with E-state index in [9.17, 15) is 18.0 Å². The van der Waals surface area contributed by atoms with E-state index in [0.29, 0.717) is 11.1 Å². The maximum absolute atomic E-state index is 13.1. The predicted molar refractivity (Wildman–Crippen MR) is 104 cm³/mol. The lowest BCUT2D eigenvalue weighted by Gasteiger charge is -2.14. The average Bonchev–Trinajstić information content (AvgIpc) is 2.72. The lowest BCUT2D eigenvalue weighted by Crippen LogP contribution is -2.19. The van der Waals surface area contributed by atoms with Gasteiger partial charge in [0.25, 0.3) is 10.0 Å². The molecule has 0 heterocycles. The van der Waals surface area contributed by atoms with Gasteiger partial charge in [-0.2, -0.15) is 0 Å². The third-order valence-corrected chi connectivity index (χ3v) is 5.54. The number of methoxy groups -OCH3 is 2. The van der Waals surface area contributed by atoms with Crippen molar-refractivity contribution in [2.24, 2.45) is 0 Å². The van der Waals surface area contributed by atoms with E-state index in [0.717, 1.165) is 18.6 Å². The minimum Gasteiger partial charge on any atom is -0.465 e. The normalized spacial score (nSPS) is 11.1. The first-order chi connectivity index (χ1) is 13.4. The number of sulfonamides is 1. The Labute approximate surface area is 161 Å². The van der Waals surface area contributed by atoms with Crippen molar-refractivity contribution in [3.05, 3.63) is 71.8 Å². The topological polar surface area (TPSA) is 98.8 Å². The molecule has 144 valence electrons. The van der Waals surface area contributed by atoms with Gasteiger partial charge in [0.15, 0.2) is 0 Å². The number of rotatable bonds is 5. The summed E-state index contributed by atoms with van der Waals surface area (Å²) in [4.78, 5) is 23.5. The average molecular weight is 399 g/mol.